The summed E-state index contributed by atoms with van der Waals surface area (Å²) < 4.78 is 16.3. The first-order valence-corrected chi connectivity index (χ1v) is 7.11. The van der Waals surface area contributed by atoms with Gasteiger partial charge in [-0.3, -0.25) is 0 Å². The second-order valence-electron chi connectivity index (χ2n) is 5.10. The van der Waals surface area contributed by atoms with Gasteiger partial charge in [0.1, 0.15) is 0 Å². The van der Waals surface area contributed by atoms with Crippen molar-refractivity contribution < 1.29 is 14.2 Å². The Balaban J connectivity index is 2.43. The second-order valence-corrected chi connectivity index (χ2v) is 5.10. The molecule has 0 unspecified atom stereocenters. The van der Waals surface area contributed by atoms with Crippen molar-refractivity contribution >= 4 is 0 Å². The van der Waals surface area contributed by atoms with Crippen LogP contribution in [0.15, 0.2) is 12.1 Å². The largest absolute Gasteiger partial charge is 0.493 e. The fourth-order valence-corrected chi connectivity index (χ4v) is 2.00. The lowest BCUT2D eigenvalue weighted by atomic mass is 10.1. The topological polar surface area (TPSA) is 39.7 Å². The molecule has 0 bridgehead atoms. The highest BCUT2D eigenvalue weighted by Gasteiger charge is 2.08. The van der Waals surface area contributed by atoms with Crippen molar-refractivity contribution in [1.82, 2.24) is 5.32 Å². The van der Waals surface area contributed by atoms with E-state index in [1.807, 2.05) is 12.1 Å². The van der Waals surface area contributed by atoms with Crippen LogP contribution < -0.4 is 14.8 Å². The molecule has 0 aliphatic heterocycles. The molecule has 0 aliphatic rings. The molecule has 20 heavy (non-hydrogen) atoms. The number of methoxy groups -OCH3 is 2. The summed E-state index contributed by atoms with van der Waals surface area (Å²) in [5, 5.41) is 3.33. The van der Waals surface area contributed by atoms with Gasteiger partial charge in [0, 0.05) is 12.6 Å². The maximum atomic E-state index is 5.64. The van der Waals surface area contributed by atoms with Crippen LogP contribution in [-0.2, 0) is 11.2 Å². The van der Waals surface area contributed by atoms with Crippen LogP contribution in [0.25, 0.3) is 0 Å². The van der Waals surface area contributed by atoms with Crippen LogP contribution in [-0.4, -0.2) is 40.0 Å². The number of ether oxygens (including phenoxy) is 3. The maximum absolute atomic E-state index is 5.64. The third kappa shape index (κ3) is 5.39. The van der Waals surface area contributed by atoms with Gasteiger partial charge in [-0.15, -0.1) is 0 Å². The van der Waals surface area contributed by atoms with Gasteiger partial charge in [0.05, 0.1) is 27.4 Å². The Morgan fingerprint density at radius 3 is 2.30 bits per heavy atom. The van der Waals surface area contributed by atoms with Crippen LogP contribution in [0.4, 0.5) is 0 Å². The highest BCUT2D eigenvalue weighted by atomic mass is 16.5. The van der Waals surface area contributed by atoms with Crippen LogP contribution in [0.1, 0.15) is 25.0 Å². The summed E-state index contributed by atoms with van der Waals surface area (Å²) in [6.45, 7) is 8.70. The van der Waals surface area contributed by atoms with Crippen molar-refractivity contribution in [3.8, 4) is 11.5 Å². The Morgan fingerprint density at radius 2 is 1.70 bits per heavy atom. The predicted octanol–water partition coefficient (Wildman–Crippen LogP) is 2.57. The molecular formula is C16H27NO3. The third-order valence-electron chi connectivity index (χ3n) is 3.16. The second kappa shape index (κ2) is 8.82. The van der Waals surface area contributed by atoms with Gasteiger partial charge in [-0.1, -0.05) is 13.8 Å². The average Bonchev–Trinajstić information content (AvgIpc) is 2.43. The molecule has 4 nitrogen and oxygen atoms in total. The van der Waals surface area contributed by atoms with Gasteiger partial charge >= 0.3 is 0 Å². The molecule has 0 heterocycles. The van der Waals surface area contributed by atoms with Gasteiger partial charge in [0.2, 0.25) is 0 Å². The molecule has 0 radical (unpaired) electrons. The van der Waals surface area contributed by atoms with Crippen molar-refractivity contribution in [2.75, 3.05) is 34.0 Å². The lowest BCUT2D eigenvalue weighted by Gasteiger charge is -2.13. The van der Waals surface area contributed by atoms with Gasteiger partial charge in [-0.25, -0.2) is 0 Å². The quantitative estimate of drug-likeness (QED) is 0.706. The molecule has 0 amide bonds. The third-order valence-corrected chi connectivity index (χ3v) is 3.16. The Morgan fingerprint density at radius 1 is 1.05 bits per heavy atom. The fourth-order valence-electron chi connectivity index (χ4n) is 2.00. The first-order chi connectivity index (χ1) is 9.58. The molecule has 4 heteroatoms. The van der Waals surface area contributed by atoms with Crippen LogP contribution >= 0.6 is 0 Å². The number of hydrogen-bond donors (Lipinski definition) is 1. The minimum Gasteiger partial charge on any atom is -0.493 e. The monoisotopic (exact) mass is 281 g/mol. The normalized spacial score (nSPS) is 10.9. The zero-order valence-electron chi connectivity index (χ0n) is 13.3. The number of hydrogen-bond acceptors (Lipinski definition) is 4. The summed E-state index contributed by atoms with van der Waals surface area (Å²) in [4.78, 5) is 0. The summed E-state index contributed by atoms with van der Waals surface area (Å²) in [5.41, 5.74) is 2.44. The summed E-state index contributed by atoms with van der Waals surface area (Å²) in [6.07, 6.45) is 0.883. The van der Waals surface area contributed by atoms with Gasteiger partial charge in [0.15, 0.2) is 11.5 Å². The molecule has 1 aromatic rings. The summed E-state index contributed by atoms with van der Waals surface area (Å²) >= 11 is 0. The Labute approximate surface area is 122 Å². The number of rotatable bonds is 9. The molecule has 1 rings (SSSR count). The molecule has 0 saturated heterocycles. The van der Waals surface area contributed by atoms with Gasteiger partial charge in [-0.05, 0) is 36.6 Å². The van der Waals surface area contributed by atoms with E-state index in [9.17, 15) is 0 Å². The van der Waals surface area contributed by atoms with E-state index in [1.165, 1.54) is 11.1 Å². The molecule has 0 atom stereocenters. The lowest BCUT2D eigenvalue weighted by Crippen LogP contribution is -2.26. The Kier molecular flexibility index (Phi) is 7.41. The van der Waals surface area contributed by atoms with Crippen LogP contribution in [0.3, 0.4) is 0 Å². The molecule has 0 aromatic heterocycles. The zero-order valence-corrected chi connectivity index (χ0v) is 13.3. The predicted molar refractivity (Wildman–Crippen MR) is 81.9 cm³/mol. The molecule has 1 aromatic carbocycles. The molecule has 0 fully saturated rings. The van der Waals surface area contributed by atoms with E-state index in [1.54, 1.807) is 14.2 Å². The zero-order chi connectivity index (χ0) is 15.0. The van der Waals surface area contributed by atoms with E-state index in [0.29, 0.717) is 6.04 Å². The lowest BCUT2D eigenvalue weighted by molar-refractivity contribution is 0.137. The van der Waals surface area contributed by atoms with Crippen LogP contribution in [0.2, 0.25) is 0 Å². The molecule has 0 saturated carbocycles. The molecule has 114 valence electrons. The van der Waals surface area contributed by atoms with Gasteiger partial charge in [0.25, 0.3) is 0 Å². The SMILES string of the molecule is COc1cc(C)c(CCOCCNC(C)C)cc1OC. The van der Waals surface area contributed by atoms with Crippen LogP contribution in [0, 0.1) is 6.92 Å². The first-order valence-electron chi connectivity index (χ1n) is 7.11. The highest BCUT2D eigenvalue weighted by molar-refractivity contribution is 5.47. The smallest absolute Gasteiger partial charge is 0.161 e. The van der Waals surface area contributed by atoms with E-state index in [4.69, 9.17) is 14.2 Å². The standard InChI is InChI=1S/C16H27NO3/c1-12(2)17-7-9-20-8-6-14-11-16(19-5)15(18-4)10-13(14)3/h10-12,17H,6-9H2,1-5H3. The maximum Gasteiger partial charge on any atom is 0.161 e. The summed E-state index contributed by atoms with van der Waals surface area (Å²) in [7, 11) is 3.31. The molecule has 1 N–H and O–H groups in total. The van der Waals surface area contributed by atoms with Crippen molar-refractivity contribution in [3.05, 3.63) is 23.3 Å². The minimum absolute atomic E-state index is 0.506. The average molecular weight is 281 g/mol. The minimum atomic E-state index is 0.506. The van der Waals surface area contributed by atoms with E-state index in [0.717, 1.165) is 37.7 Å². The summed E-state index contributed by atoms with van der Waals surface area (Å²) in [6, 6.07) is 4.55. The molecule has 0 aliphatic carbocycles. The number of benzene rings is 1. The van der Waals surface area contributed by atoms with Gasteiger partial charge in [-0.2, -0.15) is 0 Å². The highest BCUT2D eigenvalue weighted by Crippen LogP contribution is 2.30. The van der Waals surface area contributed by atoms with Crippen molar-refractivity contribution in [3.63, 3.8) is 0 Å². The number of aryl methyl sites for hydroxylation is 1. The Bertz CT molecular complexity index is 405. The van der Waals surface area contributed by atoms with Crippen LogP contribution in [0.5, 0.6) is 11.5 Å². The van der Waals surface area contributed by atoms with Gasteiger partial charge < -0.3 is 19.5 Å². The summed E-state index contributed by atoms with van der Waals surface area (Å²) in [5.74, 6) is 1.55. The number of nitrogens with one attached hydrogen (secondary N) is 1. The van der Waals surface area contributed by atoms with E-state index >= 15 is 0 Å². The molecule has 0 spiro atoms. The van der Waals surface area contributed by atoms with E-state index in [-0.39, 0.29) is 0 Å². The van der Waals surface area contributed by atoms with E-state index in [2.05, 4.69) is 26.1 Å². The first kappa shape index (κ1) is 16.8. The van der Waals surface area contributed by atoms with Crippen molar-refractivity contribution in [1.29, 1.82) is 0 Å². The fraction of sp³-hybridized carbons (Fsp3) is 0.625. The van der Waals surface area contributed by atoms with Crippen molar-refractivity contribution in [2.24, 2.45) is 0 Å². The van der Waals surface area contributed by atoms with Crippen molar-refractivity contribution in [2.45, 2.75) is 33.2 Å². The van der Waals surface area contributed by atoms with E-state index < -0.39 is 0 Å². The molecular weight excluding hydrogens is 254 g/mol. The Hall–Kier alpha value is -1.26.